The molecule has 5 heteroatoms. The Morgan fingerprint density at radius 3 is 2.83 bits per heavy atom. The first-order chi connectivity index (χ1) is 11.0. The molecule has 0 aliphatic carbocycles. The number of nitrogens with zero attached hydrogens (tertiary/aromatic N) is 1. The number of rotatable bonds is 3. The topological polar surface area (TPSA) is 29.5 Å². The van der Waals surface area contributed by atoms with Crippen LogP contribution in [0.3, 0.4) is 0 Å². The van der Waals surface area contributed by atoms with Crippen LogP contribution >= 0.6 is 27.5 Å². The van der Waals surface area contributed by atoms with E-state index in [0.29, 0.717) is 10.8 Å². The summed E-state index contributed by atoms with van der Waals surface area (Å²) in [6.45, 7) is 3.81. The minimum atomic E-state index is -0.609. The molecule has 0 spiro atoms. The second-order valence-corrected chi connectivity index (χ2v) is 7.05. The van der Waals surface area contributed by atoms with Crippen molar-refractivity contribution in [1.82, 2.24) is 0 Å². The summed E-state index contributed by atoms with van der Waals surface area (Å²) in [7, 11) is 0. The van der Waals surface area contributed by atoms with Gasteiger partial charge in [0.05, 0.1) is 5.02 Å². The highest BCUT2D eigenvalue weighted by Crippen LogP contribution is 2.33. The van der Waals surface area contributed by atoms with Crippen LogP contribution in [0.4, 0.5) is 5.69 Å². The average Bonchev–Trinajstić information content (AvgIpc) is 2.85. The van der Waals surface area contributed by atoms with Crippen LogP contribution < -0.4 is 9.64 Å². The molecule has 2 aromatic carbocycles. The molecule has 23 heavy (non-hydrogen) atoms. The Morgan fingerprint density at radius 2 is 2.09 bits per heavy atom. The fourth-order valence-corrected chi connectivity index (χ4v) is 3.63. The minimum Gasteiger partial charge on any atom is -0.479 e. The van der Waals surface area contributed by atoms with Crippen molar-refractivity contribution in [2.45, 2.75) is 32.4 Å². The molecule has 2 atom stereocenters. The van der Waals surface area contributed by atoms with Gasteiger partial charge in [-0.25, -0.2) is 0 Å². The Labute approximate surface area is 149 Å². The first-order valence-corrected chi connectivity index (χ1v) is 8.67. The number of anilines is 1. The van der Waals surface area contributed by atoms with Gasteiger partial charge in [-0.05, 0) is 50.1 Å². The van der Waals surface area contributed by atoms with E-state index < -0.39 is 6.10 Å². The predicted molar refractivity (Wildman–Crippen MR) is 96.3 cm³/mol. The molecule has 0 fully saturated rings. The number of para-hydroxylation sites is 1. The number of hydrogen-bond acceptors (Lipinski definition) is 2. The van der Waals surface area contributed by atoms with Crippen molar-refractivity contribution in [3.05, 3.63) is 57.5 Å². The number of benzene rings is 2. The van der Waals surface area contributed by atoms with Crippen molar-refractivity contribution in [1.29, 1.82) is 0 Å². The number of carbonyl (C=O) groups excluding carboxylic acids is 1. The summed E-state index contributed by atoms with van der Waals surface area (Å²) in [5.41, 5.74) is 2.17. The van der Waals surface area contributed by atoms with E-state index in [9.17, 15) is 4.79 Å². The van der Waals surface area contributed by atoms with Crippen molar-refractivity contribution < 1.29 is 9.53 Å². The Morgan fingerprint density at radius 1 is 1.35 bits per heavy atom. The first kappa shape index (κ1) is 16.3. The number of carbonyl (C=O) groups is 1. The van der Waals surface area contributed by atoms with Crippen molar-refractivity contribution in [2.75, 3.05) is 4.90 Å². The maximum Gasteiger partial charge on any atom is 0.268 e. The normalized spacial score (nSPS) is 17.7. The second kappa shape index (κ2) is 6.54. The summed E-state index contributed by atoms with van der Waals surface area (Å²) in [6.07, 6.45) is 0.260. The molecule has 0 radical (unpaired) electrons. The van der Waals surface area contributed by atoms with Crippen LogP contribution in [0.15, 0.2) is 46.9 Å². The van der Waals surface area contributed by atoms with Gasteiger partial charge in [-0.1, -0.05) is 45.7 Å². The second-order valence-electron chi connectivity index (χ2n) is 5.72. The molecule has 0 N–H and O–H groups in total. The van der Waals surface area contributed by atoms with E-state index in [2.05, 4.69) is 28.9 Å². The van der Waals surface area contributed by atoms with E-state index >= 15 is 0 Å². The predicted octanol–water partition coefficient (Wildman–Crippen LogP) is 4.85. The summed E-state index contributed by atoms with van der Waals surface area (Å²) in [5, 5.41) is 0.480. The smallest absolute Gasteiger partial charge is 0.268 e. The third kappa shape index (κ3) is 3.24. The number of amides is 1. The highest BCUT2D eigenvalue weighted by molar-refractivity contribution is 9.10. The van der Waals surface area contributed by atoms with Crippen LogP contribution in [0.1, 0.15) is 19.4 Å². The Hall–Kier alpha value is -1.52. The standard InChI is InChI=1S/C18H17BrClNO2/c1-11-9-13-5-3-4-6-16(13)21(11)18(22)12(2)23-17-8-7-14(19)10-15(17)20/h3-8,10-12H,9H2,1-2H3/t11-,12-/m0/s1. The zero-order valence-electron chi connectivity index (χ0n) is 12.9. The van der Waals surface area contributed by atoms with Crippen molar-refractivity contribution >= 4 is 39.1 Å². The summed E-state index contributed by atoms with van der Waals surface area (Å²) >= 11 is 9.52. The van der Waals surface area contributed by atoms with Crippen LogP contribution in [0.25, 0.3) is 0 Å². The van der Waals surface area contributed by atoms with Gasteiger partial charge in [-0.2, -0.15) is 0 Å². The number of hydrogen-bond donors (Lipinski definition) is 0. The zero-order valence-corrected chi connectivity index (χ0v) is 15.3. The zero-order chi connectivity index (χ0) is 16.6. The number of fused-ring (bicyclic) bond motifs is 1. The molecule has 0 bridgehead atoms. The summed E-state index contributed by atoms with van der Waals surface area (Å²) in [5.74, 6) is 0.456. The molecule has 0 unspecified atom stereocenters. The lowest BCUT2D eigenvalue weighted by Crippen LogP contribution is -2.43. The van der Waals surface area contributed by atoms with Gasteiger partial charge in [0.15, 0.2) is 6.10 Å². The molecule has 0 aromatic heterocycles. The summed E-state index contributed by atoms with van der Waals surface area (Å²) in [6, 6.07) is 13.5. The summed E-state index contributed by atoms with van der Waals surface area (Å²) < 4.78 is 6.66. The molecular formula is C18H17BrClNO2. The third-order valence-electron chi connectivity index (χ3n) is 3.99. The fourth-order valence-electron chi connectivity index (χ4n) is 2.91. The molecule has 0 saturated heterocycles. The third-order valence-corrected chi connectivity index (χ3v) is 4.78. The average molecular weight is 395 g/mol. The monoisotopic (exact) mass is 393 g/mol. The molecule has 1 aliphatic rings. The highest BCUT2D eigenvalue weighted by atomic mass is 79.9. The van der Waals surface area contributed by atoms with Crippen molar-refractivity contribution in [3.8, 4) is 5.75 Å². The van der Waals surface area contributed by atoms with Crippen LogP contribution in [-0.4, -0.2) is 18.1 Å². The molecule has 1 aliphatic heterocycles. The van der Waals surface area contributed by atoms with E-state index in [-0.39, 0.29) is 11.9 Å². The van der Waals surface area contributed by atoms with Gasteiger partial charge in [0.2, 0.25) is 0 Å². The minimum absolute atomic E-state index is 0.0542. The lowest BCUT2D eigenvalue weighted by atomic mass is 10.1. The van der Waals surface area contributed by atoms with Crippen LogP contribution in [-0.2, 0) is 11.2 Å². The molecular weight excluding hydrogens is 378 g/mol. The molecule has 2 aromatic rings. The van der Waals surface area contributed by atoms with Crippen LogP contribution in [0, 0.1) is 0 Å². The van der Waals surface area contributed by atoms with E-state index in [1.807, 2.05) is 29.2 Å². The van der Waals surface area contributed by atoms with Gasteiger partial charge < -0.3 is 9.64 Å². The maximum absolute atomic E-state index is 12.8. The van der Waals surface area contributed by atoms with Gasteiger partial charge in [0.1, 0.15) is 5.75 Å². The van der Waals surface area contributed by atoms with E-state index in [1.165, 1.54) is 5.56 Å². The lowest BCUT2D eigenvalue weighted by Gasteiger charge is -2.26. The number of halogens is 2. The van der Waals surface area contributed by atoms with Gasteiger partial charge in [-0.15, -0.1) is 0 Å². The van der Waals surface area contributed by atoms with E-state index in [4.69, 9.17) is 16.3 Å². The SMILES string of the molecule is C[C@H](Oc1ccc(Br)cc1Cl)C(=O)N1c2ccccc2C[C@@H]1C. The maximum atomic E-state index is 12.8. The van der Waals surface area contributed by atoms with Crippen LogP contribution in [0.5, 0.6) is 5.75 Å². The van der Waals surface area contributed by atoms with Gasteiger partial charge >= 0.3 is 0 Å². The first-order valence-electron chi connectivity index (χ1n) is 7.50. The Balaban J connectivity index is 1.80. The Bertz CT molecular complexity index is 750. The van der Waals surface area contributed by atoms with Crippen molar-refractivity contribution in [3.63, 3.8) is 0 Å². The van der Waals surface area contributed by atoms with Gasteiger partial charge in [0, 0.05) is 16.2 Å². The van der Waals surface area contributed by atoms with Gasteiger partial charge in [-0.3, -0.25) is 4.79 Å². The Kier molecular flexibility index (Phi) is 4.64. The quantitative estimate of drug-likeness (QED) is 0.745. The van der Waals surface area contributed by atoms with E-state index in [1.54, 1.807) is 19.1 Å². The summed E-state index contributed by atoms with van der Waals surface area (Å²) in [4.78, 5) is 14.7. The molecule has 3 rings (SSSR count). The number of ether oxygens (including phenoxy) is 1. The lowest BCUT2D eigenvalue weighted by molar-refractivity contribution is -0.124. The van der Waals surface area contributed by atoms with E-state index in [0.717, 1.165) is 16.6 Å². The molecule has 3 nitrogen and oxygen atoms in total. The van der Waals surface area contributed by atoms with Gasteiger partial charge in [0.25, 0.3) is 5.91 Å². The van der Waals surface area contributed by atoms with Crippen molar-refractivity contribution in [2.24, 2.45) is 0 Å². The molecule has 0 saturated carbocycles. The molecule has 120 valence electrons. The molecule has 1 heterocycles. The highest BCUT2D eigenvalue weighted by Gasteiger charge is 2.34. The molecule has 1 amide bonds. The fraction of sp³-hybridized carbons (Fsp3) is 0.278. The largest absolute Gasteiger partial charge is 0.479 e. The van der Waals surface area contributed by atoms with Crippen LogP contribution in [0.2, 0.25) is 5.02 Å².